The van der Waals surface area contributed by atoms with Gasteiger partial charge in [-0.25, -0.2) is 8.42 Å². The topological polar surface area (TPSA) is 69.4 Å². The highest BCUT2D eigenvalue weighted by Gasteiger charge is 2.18. The van der Waals surface area contributed by atoms with Crippen molar-refractivity contribution in [2.45, 2.75) is 30.7 Å². The molecule has 0 aliphatic rings. The molecular weight excluding hydrogens is 250 g/mol. The van der Waals surface area contributed by atoms with Crippen molar-refractivity contribution in [3.05, 3.63) is 29.8 Å². The molecule has 1 rings (SSSR count). The maximum Gasteiger partial charge on any atom is 0.178 e. The Bertz CT molecular complexity index is 471. The lowest BCUT2D eigenvalue weighted by atomic mass is 10.1. The summed E-state index contributed by atoms with van der Waals surface area (Å²) in [5, 5.41) is 0. The van der Waals surface area contributed by atoms with Crippen LogP contribution in [0, 0.1) is 0 Å². The predicted molar refractivity (Wildman–Crippen MR) is 72.3 cm³/mol. The Morgan fingerprint density at radius 1 is 1.33 bits per heavy atom. The quantitative estimate of drug-likeness (QED) is 0.813. The van der Waals surface area contributed by atoms with Crippen molar-refractivity contribution in [2.75, 3.05) is 19.5 Å². The molecule has 1 aromatic rings. The fraction of sp³-hybridized carbons (Fsp3) is 0.538. The third-order valence-electron chi connectivity index (χ3n) is 2.64. The van der Waals surface area contributed by atoms with E-state index >= 15 is 0 Å². The van der Waals surface area contributed by atoms with Crippen molar-refractivity contribution >= 4 is 9.84 Å². The van der Waals surface area contributed by atoms with Gasteiger partial charge in [-0.1, -0.05) is 25.1 Å². The van der Waals surface area contributed by atoms with Crippen molar-refractivity contribution in [3.63, 3.8) is 0 Å². The van der Waals surface area contributed by atoms with Gasteiger partial charge in [0.25, 0.3) is 0 Å². The van der Waals surface area contributed by atoms with E-state index in [-0.39, 0.29) is 11.8 Å². The minimum Gasteiger partial charge on any atom is -0.383 e. The second-order valence-corrected chi connectivity index (χ2v) is 6.42. The van der Waals surface area contributed by atoms with Gasteiger partial charge in [-0.3, -0.25) is 0 Å². The summed E-state index contributed by atoms with van der Waals surface area (Å²) in [6.07, 6.45) is 1.12. The van der Waals surface area contributed by atoms with Crippen LogP contribution in [0.1, 0.15) is 18.9 Å². The second-order valence-electron chi connectivity index (χ2n) is 4.35. The fourth-order valence-electron chi connectivity index (χ4n) is 1.91. The van der Waals surface area contributed by atoms with Gasteiger partial charge in [0.05, 0.1) is 17.3 Å². The van der Waals surface area contributed by atoms with Crippen LogP contribution in [0.25, 0.3) is 0 Å². The summed E-state index contributed by atoms with van der Waals surface area (Å²) in [7, 11) is -1.62. The van der Waals surface area contributed by atoms with Crippen molar-refractivity contribution in [3.8, 4) is 0 Å². The third kappa shape index (κ3) is 4.08. The van der Waals surface area contributed by atoms with Crippen LogP contribution in [-0.4, -0.2) is 33.9 Å². The van der Waals surface area contributed by atoms with Crippen LogP contribution in [0.15, 0.2) is 29.2 Å². The number of methoxy groups -OCH3 is 1. The Balaban J connectivity index is 3.00. The largest absolute Gasteiger partial charge is 0.383 e. The zero-order valence-corrected chi connectivity index (χ0v) is 11.7. The third-order valence-corrected chi connectivity index (χ3v) is 4.66. The molecule has 0 bridgehead atoms. The number of ether oxygens (including phenoxy) is 1. The van der Waals surface area contributed by atoms with E-state index in [0.29, 0.717) is 24.3 Å². The first-order valence-corrected chi connectivity index (χ1v) is 7.71. The highest BCUT2D eigenvalue weighted by Crippen LogP contribution is 2.19. The zero-order valence-electron chi connectivity index (χ0n) is 10.9. The van der Waals surface area contributed by atoms with Crippen molar-refractivity contribution in [1.82, 2.24) is 0 Å². The summed E-state index contributed by atoms with van der Waals surface area (Å²) in [6.45, 7) is 2.28. The van der Waals surface area contributed by atoms with Gasteiger partial charge < -0.3 is 10.5 Å². The number of benzene rings is 1. The van der Waals surface area contributed by atoms with Crippen LogP contribution >= 0.6 is 0 Å². The van der Waals surface area contributed by atoms with Gasteiger partial charge in [-0.2, -0.15) is 0 Å². The molecule has 0 spiro atoms. The molecule has 0 saturated heterocycles. The van der Waals surface area contributed by atoms with Gasteiger partial charge in [0.15, 0.2) is 9.84 Å². The van der Waals surface area contributed by atoms with E-state index in [1.54, 1.807) is 19.2 Å². The van der Waals surface area contributed by atoms with Crippen LogP contribution in [0.2, 0.25) is 0 Å². The van der Waals surface area contributed by atoms with E-state index in [0.717, 1.165) is 5.56 Å². The first-order chi connectivity index (χ1) is 8.51. The Labute approximate surface area is 109 Å². The van der Waals surface area contributed by atoms with E-state index in [2.05, 4.69) is 0 Å². The molecule has 2 N–H and O–H groups in total. The number of sulfone groups is 1. The minimum atomic E-state index is -3.20. The molecule has 0 amide bonds. The molecule has 5 heteroatoms. The predicted octanol–water partition coefficient (Wildman–Crippen LogP) is 1.39. The molecule has 0 saturated carbocycles. The molecule has 0 fully saturated rings. The van der Waals surface area contributed by atoms with E-state index < -0.39 is 9.84 Å². The molecular formula is C13H21NO3S. The zero-order chi connectivity index (χ0) is 13.6. The number of rotatable bonds is 7. The van der Waals surface area contributed by atoms with Crippen LogP contribution < -0.4 is 5.73 Å². The van der Waals surface area contributed by atoms with E-state index in [1.165, 1.54) is 0 Å². The van der Waals surface area contributed by atoms with Crippen molar-refractivity contribution in [2.24, 2.45) is 5.73 Å². The summed E-state index contributed by atoms with van der Waals surface area (Å²) >= 11 is 0. The Kier molecular flexibility index (Phi) is 5.78. The molecule has 0 aliphatic carbocycles. The average molecular weight is 271 g/mol. The molecule has 1 aromatic carbocycles. The fourth-order valence-corrected chi connectivity index (χ4v) is 3.50. The SMILES string of the molecule is CCCS(=O)(=O)c1ccccc1CC(N)COC. The van der Waals surface area contributed by atoms with Crippen LogP contribution in [0.4, 0.5) is 0 Å². The summed E-state index contributed by atoms with van der Waals surface area (Å²) in [5.41, 5.74) is 6.66. The maximum absolute atomic E-state index is 12.1. The normalized spacial score (nSPS) is 13.5. The van der Waals surface area contributed by atoms with Gasteiger partial charge >= 0.3 is 0 Å². The molecule has 0 aromatic heterocycles. The van der Waals surface area contributed by atoms with Gasteiger partial charge in [0.1, 0.15) is 0 Å². The summed E-state index contributed by atoms with van der Waals surface area (Å²) < 4.78 is 29.2. The highest BCUT2D eigenvalue weighted by molar-refractivity contribution is 7.91. The van der Waals surface area contributed by atoms with Crippen LogP contribution in [0.5, 0.6) is 0 Å². The molecule has 102 valence electrons. The van der Waals surface area contributed by atoms with E-state index in [4.69, 9.17) is 10.5 Å². The molecule has 0 heterocycles. The van der Waals surface area contributed by atoms with Gasteiger partial charge in [-0.15, -0.1) is 0 Å². The second kappa shape index (κ2) is 6.87. The molecule has 1 unspecified atom stereocenters. The minimum absolute atomic E-state index is 0.170. The van der Waals surface area contributed by atoms with Crippen LogP contribution in [-0.2, 0) is 21.0 Å². The molecule has 1 atom stereocenters. The lowest BCUT2D eigenvalue weighted by Crippen LogP contribution is -2.28. The van der Waals surface area contributed by atoms with E-state index in [9.17, 15) is 8.42 Å². The summed E-state index contributed by atoms with van der Waals surface area (Å²) in [5.74, 6) is 0.170. The lowest BCUT2D eigenvalue weighted by Gasteiger charge is -2.14. The summed E-state index contributed by atoms with van der Waals surface area (Å²) in [4.78, 5) is 0.401. The molecule has 0 aliphatic heterocycles. The number of hydrogen-bond acceptors (Lipinski definition) is 4. The summed E-state index contributed by atoms with van der Waals surface area (Å²) in [6, 6.07) is 6.86. The monoisotopic (exact) mass is 271 g/mol. The molecule has 0 radical (unpaired) electrons. The van der Waals surface area contributed by atoms with Crippen LogP contribution in [0.3, 0.4) is 0 Å². The molecule has 18 heavy (non-hydrogen) atoms. The highest BCUT2D eigenvalue weighted by atomic mass is 32.2. The Morgan fingerprint density at radius 3 is 2.61 bits per heavy atom. The van der Waals surface area contributed by atoms with Crippen molar-refractivity contribution < 1.29 is 13.2 Å². The van der Waals surface area contributed by atoms with Gasteiger partial charge in [0.2, 0.25) is 0 Å². The first kappa shape index (κ1) is 15.1. The van der Waals surface area contributed by atoms with Gasteiger partial charge in [-0.05, 0) is 24.5 Å². The number of nitrogens with two attached hydrogens (primary N) is 1. The first-order valence-electron chi connectivity index (χ1n) is 6.06. The maximum atomic E-state index is 12.1. The Hall–Kier alpha value is -0.910. The Morgan fingerprint density at radius 2 is 2.00 bits per heavy atom. The van der Waals surface area contributed by atoms with Crippen molar-refractivity contribution in [1.29, 1.82) is 0 Å². The average Bonchev–Trinajstić information content (AvgIpc) is 2.29. The lowest BCUT2D eigenvalue weighted by molar-refractivity contribution is 0.180. The van der Waals surface area contributed by atoms with Gasteiger partial charge in [0, 0.05) is 13.2 Å². The molecule has 4 nitrogen and oxygen atoms in total. The van der Waals surface area contributed by atoms with E-state index in [1.807, 2.05) is 19.1 Å². The standard InChI is InChI=1S/C13H21NO3S/c1-3-8-18(15,16)13-7-5-4-6-11(13)9-12(14)10-17-2/h4-7,12H,3,8-10,14H2,1-2H3. The number of hydrogen-bond donors (Lipinski definition) is 1. The smallest absolute Gasteiger partial charge is 0.178 e.